The summed E-state index contributed by atoms with van der Waals surface area (Å²) in [4.78, 5) is 28.1. The molecule has 6 nitrogen and oxygen atoms in total. The van der Waals surface area contributed by atoms with E-state index in [1.165, 1.54) is 11.3 Å². The number of primary amides is 1. The standard InChI is InChI=1S/C21H27N3O3S/c1-3-5-12-27-15-8-6-14(7-9-15)20(26)23-21-18(19(22)25)16-10-11-24(4-2)13-17(16)28-21/h6-9H,3-5,10-13H2,1-2H3,(H2,22,25)(H,23,26). The van der Waals surface area contributed by atoms with Gasteiger partial charge in [-0.3, -0.25) is 14.5 Å². The van der Waals surface area contributed by atoms with E-state index in [1.807, 2.05) is 0 Å². The molecule has 28 heavy (non-hydrogen) atoms. The van der Waals surface area contributed by atoms with Crippen LogP contribution in [0.5, 0.6) is 5.75 Å². The Hall–Kier alpha value is -2.38. The number of nitrogens with zero attached hydrogens (tertiary/aromatic N) is 1. The molecular weight excluding hydrogens is 374 g/mol. The Kier molecular flexibility index (Phi) is 6.70. The Bertz CT molecular complexity index is 845. The van der Waals surface area contributed by atoms with Crippen LogP contribution in [0.15, 0.2) is 24.3 Å². The molecule has 0 saturated carbocycles. The van der Waals surface area contributed by atoms with Gasteiger partial charge in [0.2, 0.25) is 0 Å². The average Bonchev–Trinajstić information content (AvgIpc) is 3.05. The van der Waals surface area contributed by atoms with E-state index in [-0.39, 0.29) is 5.91 Å². The van der Waals surface area contributed by atoms with Crippen molar-refractivity contribution in [1.82, 2.24) is 4.90 Å². The van der Waals surface area contributed by atoms with Gasteiger partial charge in [0.25, 0.3) is 11.8 Å². The van der Waals surface area contributed by atoms with E-state index in [0.29, 0.717) is 22.7 Å². The molecule has 3 rings (SSSR count). The van der Waals surface area contributed by atoms with Crippen LogP contribution in [-0.2, 0) is 13.0 Å². The van der Waals surface area contributed by atoms with E-state index in [1.54, 1.807) is 24.3 Å². The lowest BCUT2D eigenvalue weighted by Gasteiger charge is -2.25. The van der Waals surface area contributed by atoms with Gasteiger partial charge in [-0.1, -0.05) is 20.3 Å². The van der Waals surface area contributed by atoms with Gasteiger partial charge in [-0.25, -0.2) is 0 Å². The second-order valence-corrected chi connectivity index (χ2v) is 7.98. The van der Waals surface area contributed by atoms with Gasteiger partial charge in [0.05, 0.1) is 12.2 Å². The first kappa shape index (κ1) is 20.4. The SMILES string of the molecule is CCCCOc1ccc(C(=O)Nc2sc3c(c2C(N)=O)CCN(CC)C3)cc1. The molecule has 1 aromatic carbocycles. The van der Waals surface area contributed by atoms with Crippen molar-refractivity contribution in [3.8, 4) is 5.75 Å². The summed E-state index contributed by atoms with van der Waals surface area (Å²) in [6.07, 6.45) is 2.84. The van der Waals surface area contributed by atoms with Crippen molar-refractivity contribution in [2.24, 2.45) is 5.73 Å². The summed E-state index contributed by atoms with van der Waals surface area (Å²) < 4.78 is 5.63. The lowest BCUT2D eigenvalue weighted by Crippen LogP contribution is -2.30. The van der Waals surface area contributed by atoms with Gasteiger partial charge in [0, 0.05) is 23.5 Å². The molecule has 0 aliphatic carbocycles. The minimum atomic E-state index is -0.488. The molecule has 2 heterocycles. The van der Waals surface area contributed by atoms with E-state index < -0.39 is 5.91 Å². The highest BCUT2D eigenvalue weighted by molar-refractivity contribution is 7.17. The second kappa shape index (κ2) is 9.21. The number of thiophene rings is 1. The largest absolute Gasteiger partial charge is 0.494 e. The maximum atomic E-state index is 12.7. The summed E-state index contributed by atoms with van der Waals surface area (Å²) >= 11 is 1.45. The maximum Gasteiger partial charge on any atom is 0.256 e. The number of amides is 2. The van der Waals surface area contributed by atoms with Crippen LogP contribution >= 0.6 is 11.3 Å². The van der Waals surface area contributed by atoms with Crippen molar-refractivity contribution >= 4 is 28.2 Å². The van der Waals surface area contributed by atoms with Crippen LogP contribution in [0.1, 0.15) is 57.8 Å². The summed E-state index contributed by atoms with van der Waals surface area (Å²) in [5.41, 5.74) is 7.59. The minimum absolute atomic E-state index is 0.256. The number of carbonyl (C=O) groups is 2. The number of hydrogen-bond donors (Lipinski definition) is 2. The van der Waals surface area contributed by atoms with Gasteiger partial charge in [-0.15, -0.1) is 11.3 Å². The van der Waals surface area contributed by atoms with Gasteiger partial charge >= 0.3 is 0 Å². The van der Waals surface area contributed by atoms with Gasteiger partial charge in [-0.05, 0) is 49.2 Å². The Labute approximate surface area is 169 Å². The third-order valence-corrected chi connectivity index (χ3v) is 6.07. The molecule has 2 amide bonds. The lowest BCUT2D eigenvalue weighted by atomic mass is 10.0. The molecule has 1 aromatic heterocycles. The van der Waals surface area contributed by atoms with Crippen LogP contribution < -0.4 is 15.8 Å². The number of benzene rings is 1. The molecule has 2 aromatic rings. The van der Waals surface area contributed by atoms with Crippen molar-refractivity contribution in [3.63, 3.8) is 0 Å². The number of likely N-dealkylation sites (N-methyl/N-ethyl adjacent to an activating group) is 1. The molecule has 0 unspecified atom stereocenters. The highest BCUT2D eigenvalue weighted by Gasteiger charge is 2.27. The topological polar surface area (TPSA) is 84.7 Å². The molecule has 0 radical (unpaired) electrons. The first-order valence-electron chi connectivity index (χ1n) is 9.74. The predicted octanol–water partition coefficient (Wildman–Crippen LogP) is 3.66. The smallest absolute Gasteiger partial charge is 0.256 e. The molecule has 3 N–H and O–H groups in total. The van der Waals surface area contributed by atoms with Gasteiger partial charge < -0.3 is 15.8 Å². The van der Waals surface area contributed by atoms with Crippen LogP contribution in [0.3, 0.4) is 0 Å². The fraction of sp³-hybridized carbons (Fsp3) is 0.429. The number of nitrogens with two attached hydrogens (primary N) is 1. The number of nitrogens with one attached hydrogen (secondary N) is 1. The van der Waals surface area contributed by atoms with Crippen molar-refractivity contribution in [3.05, 3.63) is 45.8 Å². The van der Waals surface area contributed by atoms with Gasteiger partial charge in [0.1, 0.15) is 10.8 Å². The number of fused-ring (bicyclic) bond motifs is 1. The van der Waals surface area contributed by atoms with E-state index in [4.69, 9.17) is 10.5 Å². The first-order chi connectivity index (χ1) is 13.5. The second-order valence-electron chi connectivity index (χ2n) is 6.87. The zero-order chi connectivity index (χ0) is 20.1. The van der Waals surface area contributed by atoms with Gasteiger partial charge in [0.15, 0.2) is 0 Å². The van der Waals surface area contributed by atoms with E-state index in [9.17, 15) is 9.59 Å². The average molecular weight is 402 g/mol. The Balaban J connectivity index is 1.75. The normalized spacial score (nSPS) is 13.8. The van der Waals surface area contributed by atoms with Crippen LogP contribution in [0, 0.1) is 0 Å². The summed E-state index contributed by atoms with van der Waals surface area (Å²) in [6.45, 7) is 7.53. The molecular formula is C21H27N3O3S. The van der Waals surface area contributed by atoms with Crippen LogP contribution in [-0.4, -0.2) is 36.4 Å². The number of unbranched alkanes of at least 4 members (excludes halogenated alkanes) is 1. The molecule has 0 fully saturated rings. The molecule has 150 valence electrons. The summed E-state index contributed by atoms with van der Waals surface area (Å²) in [5.74, 6) is 0.0000399. The molecule has 1 aliphatic rings. The van der Waals surface area contributed by atoms with Crippen molar-refractivity contribution in [2.45, 2.75) is 39.7 Å². The molecule has 7 heteroatoms. The molecule has 0 spiro atoms. The van der Waals surface area contributed by atoms with E-state index in [0.717, 1.165) is 55.1 Å². The van der Waals surface area contributed by atoms with Crippen molar-refractivity contribution < 1.29 is 14.3 Å². The number of anilines is 1. The Morgan fingerprint density at radius 1 is 1.25 bits per heavy atom. The maximum absolute atomic E-state index is 12.7. The summed E-state index contributed by atoms with van der Waals surface area (Å²) in [7, 11) is 0. The monoisotopic (exact) mass is 401 g/mol. The quantitative estimate of drug-likeness (QED) is 0.661. The first-order valence-corrected chi connectivity index (χ1v) is 10.6. The van der Waals surface area contributed by atoms with Crippen molar-refractivity contribution in [2.75, 3.05) is 25.0 Å². The van der Waals surface area contributed by atoms with Crippen LogP contribution in [0.4, 0.5) is 5.00 Å². The molecule has 0 saturated heterocycles. The number of rotatable bonds is 8. The molecule has 0 bridgehead atoms. The summed E-state index contributed by atoms with van der Waals surface area (Å²) in [5, 5.41) is 3.43. The third kappa shape index (κ3) is 4.54. The third-order valence-electron chi connectivity index (χ3n) is 4.94. The van der Waals surface area contributed by atoms with Crippen molar-refractivity contribution in [1.29, 1.82) is 0 Å². The zero-order valence-corrected chi connectivity index (χ0v) is 17.2. The number of hydrogen-bond acceptors (Lipinski definition) is 5. The zero-order valence-electron chi connectivity index (χ0n) is 16.4. The predicted molar refractivity (Wildman–Crippen MR) is 112 cm³/mol. The highest BCUT2D eigenvalue weighted by atomic mass is 32.1. The van der Waals surface area contributed by atoms with E-state index >= 15 is 0 Å². The lowest BCUT2D eigenvalue weighted by molar-refractivity contribution is 0.1000. The highest BCUT2D eigenvalue weighted by Crippen LogP contribution is 2.37. The van der Waals surface area contributed by atoms with Crippen LogP contribution in [0.2, 0.25) is 0 Å². The fourth-order valence-corrected chi connectivity index (χ4v) is 4.58. The number of ether oxygens (including phenoxy) is 1. The fourth-order valence-electron chi connectivity index (χ4n) is 3.29. The number of carbonyl (C=O) groups excluding carboxylic acids is 2. The molecule has 1 aliphatic heterocycles. The Morgan fingerprint density at radius 2 is 2.00 bits per heavy atom. The van der Waals surface area contributed by atoms with Gasteiger partial charge in [-0.2, -0.15) is 0 Å². The molecule has 0 atom stereocenters. The minimum Gasteiger partial charge on any atom is -0.494 e. The van der Waals surface area contributed by atoms with E-state index in [2.05, 4.69) is 24.1 Å². The Morgan fingerprint density at radius 3 is 2.64 bits per heavy atom. The summed E-state index contributed by atoms with van der Waals surface area (Å²) in [6, 6.07) is 7.04. The van der Waals surface area contributed by atoms with Crippen LogP contribution in [0.25, 0.3) is 0 Å².